The minimum absolute atomic E-state index is 1.37. The van der Waals surface area contributed by atoms with Crippen molar-refractivity contribution in [3.8, 4) is 0 Å². The van der Waals surface area contributed by atoms with E-state index in [4.69, 9.17) is 13.0 Å². The van der Waals surface area contributed by atoms with Crippen LogP contribution in [0.2, 0.25) is 5.09 Å². The zero-order valence-corrected chi connectivity index (χ0v) is 12.4. The molecule has 0 aromatic rings. The SMILES string of the molecule is O=[SH](=O)O.[Li][CH2]CCCCCCCCCCC. The van der Waals surface area contributed by atoms with Crippen molar-refractivity contribution >= 4 is 28.7 Å². The molecule has 3 nitrogen and oxygen atoms in total. The second kappa shape index (κ2) is 18.9. The molecule has 0 spiro atoms. The zero-order chi connectivity index (χ0) is 13.4. The third-order valence-electron chi connectivity index (χ3n) is 2.71. The van der Waals surface area contributed by atoms with Crippen molar-refractivity contribution in [3.63, 3.8) is 0 Å². The van der Waals surface area contributed by atoms with Crippen LogP contribution >= 0.6 is 0 Å². The fourth-order valence-corrected chi connectivity index (χ4v) is 1.74. The van der Waals surface area contributed by atoms with Crippen LogP contribution in [0.4, 0.5) is 0 Å². The van der Waals surface area contributed by atoms with Gasteiger partial charge >= 0.3 is 93.9 Å². The molecule has 1 N–H and O–H groups in total. The fraction of sp³-hybridized carbons (Fsp3) is 1.00. The van der Waals surface area contributed by atoms with E-state index in [1.807, 2.05) is 0 Å². The normalized spacial score (nSPS) is 10.2. The molecule has 5 heteroatoms. The summed E-state index contributed by atoms with van der Waals surface area (Å²) in [6, 6.07) is 0. The molecule has 17 heavy (non-hydrogen) atoms. The molecule has 0 heterocycles. The van der Waals surface area contributed by atoms with Crippen molar-refractivity contribution in [2.24, 2.45) is 0 Å². The molecule has 0 aliphatic carbocycles. The molecule has 0 aromatic carbocycles. The number of hydrogen-bond donors (Lipinski definition) is 2. The van der Waals surface area contributed by atoms with E-state index in [1.165, 1.54) is 69.3 Å². The second-order valence-corrected chi connectivity index (χ2v) is 4.90. The quantitative estimate of drug-likeness (QED) is 0.272. The van der Waals surface area contributed by atoms with E-state index in [0.717, 1.165) is 0 Å². The number of thiol groups is 1. The fourth-order valence-electron chi connectivity index (χ4n) is 1.74. The third-order valence-corrected chi connectivity index (χ3v) is 2.71. The summed E-state index contributed by atoms with van der Waals surface area (Å²) in [5, 5.41) is 1.37. The number of unbranched alkanes of at least 4 members (excludes halogenated alkanes) is 9. The molecule has 0 atom stereocenters. The number of rotatable bonds is 10. The first-order valence-corrected chi connectivity index (χ1v) is 8.11. The maximum atomic E-state index is 8.59. The summed E-state index contributed by atoms with van der Waals surface area (Å²) in [6.45, 7) is 2.28. The van der Waals surface area contributed by atoms with E-state index in [2.05, 4.69) is 24.6 Å². The van der Waals surface area contributed by atoms with Crippen molar-refractivity contribution in [2.75, 3.05) is 0 Å². The third kappa shape index (κ3) is 31.5. The maximum absolute atomic E-state index is 8.59. The summed E-state index contributed by atoms with van der Waals surface area (Å²) < 4.78 is 24.2. The van der Waals surface area contributed by atoms with Crippen LogP contribution in [0.3, 0.4) is 0 Å². The van der Waals surface area contributed by atoms with Gasteiger partial charge in [0.25, 0.3) is 11.0 Å². The predicted molar refractivity (Wildman–Crippen MR) is 75.3 cm³/mol. The molecule has 0 saturated carbocycles. The van der Waals surface area contributed by atoms with Gasteiger partial charge in [0.2, 0.25) is 0 Å². The predicted octanol–water partition coefficient (Wildman–Crippen LogP) is 3.56. The summed E-state index contributed by atoms with van der Waals surface area (Å²) in [6.07, 6.45) is 14.6. The molecule has 0 rings (SSSR count). The number of hydrogen-bond acceptors (Lipinski definition) is 2. The first-order chi connectivity index (χ1) is 8.15. The molecule has 0 aliphatic heterocycles. The van der Waals surface area contributed by atoms with Gasteiger partial charge in [0.05, 0.1) is 0 Å². The Morgan fingerprint density at radius 1 is 0.824 bits per heavy atom. The van der Waals surface area contributed by atoms with Gasteiger partial charge in [0.1, 0.15) is 0 Å². The van der Waals surface area contributed by atoms with E-state index >= 15 is 0 Å². The molecule has 0 amide bonds. The summed E-state index contributed by atoms with van der Waals surface area (Å²) in [7, 11) is -3.12. The summed E-state index contributed by atoms with van der Waals surface area (Å²) in [5.74, 6) is 0. The Hall–Kier alpha value is 0.507. The first-order valence-electron chi connectivity index (χ1n) is 6.98. The van der Waals surface area contributed by atoms with Crippen LogP contribution in [0.5, 0.6) is 0 Å². The van der Waals surface area contributed by atoms with Crippen molar-refractivity contribution in [2.45, 2.75) is 76.2 Å². The van der Waals surface area contributed by atoms with Gasteiger partial charge in [-0.15, -0.1) is 0 Å². The second-order valence-electron chi connectivity index (χ2n) is 4.42. The molecular formula is C12H27LiO3S. The average Bonchev–Trinajstić information content (AvgIpc) is 2.26. The van der Waals surface area contributed by atoms with E-state index in [-0.39, 0.29) is 0 Å². The van der Waals surface area contributed by atoms with E-state index in [9.17, 15) is 0 Å². The zero-order valence-electron chi connectivity index (χ0n) is 11.5. The van der Waals surface area contributed by atoms with Crippen molar-refractivity contribution in [3.05, 3.63) is 0 Å². The summed E-state index contributed by atoms with van der Waals surface area (Å²) >= 11 is 2.28. The Bertz CT molecular complexity index is 178. The van der Waals surface area contributed by atoms with Crippen LogP contribution in [0.1, 0.15) is 71.1 Å². The molecule has 0 radical (unpaired) electrons. The van der Waals surface area contributed by atoms with E-state index in [1.54, 1.807) is 0 Å². The van der Waals surface area contributed by atoms with Gasteiger partial charge in [-0.3, -0.25) is 4.55 Å². The van der Waals surface area contributed by atoms with Gasteiger partial charge in [-0.1, -0.05) is 0 Å². The Balaban J connectivity index is 0. The topological polar surface area (TPSA) is 54.4 Å². The van der Waals surface area contributed by atoms with Crippen LogP contribution in [-0.2, 0) is 11.0 Å². The van der Waals surface area contributed by atoms with Gasteiger partial charge in [-0.2, -0.15) is 0 Å². The summed E-state index contributed by atoms with van der Waals surface area (Å²) in [4.78, 5) is 0. The van der Waals surface area contributed by atoms with Crippen LogP contribution in [0.25, 0.3) is 0 Å². The van der Waals surface area contributed by atoms with Gasteiger partial charge in [-0.25, -0.2) is 8.42 Å². The van der Waals surface area contributed by atoms with E-state index < -0.39 is 11.0 Å². The Kier molecular flexibility index (Phi) is 22.0. The van der Waals surface area contributed by atoms with Gasteiger partial charge in [0, 0.05) is 0 Å². The van der Waals surface area contributed by atoms with Crippen molar-refractivity contribution in [1.29, 1.82) is 0 Å². The van der Waals surface area contributed by atoms with Crippen molar-refractivity contribution < 1.29 is 13.0 Å². The van der Waals surface area contributed by atoms with Gasteiger partial charge in [0.15, 0.2) is 0 Å². The first kappa shape index (κ1) is 19.8. The molecular weight excluding hydrogens is 231 g/mol. The molecule has 0 aliphatic rings. The Morgan fingerprint density at radius 2 is 1.12 bits per heavy atom. The molecule has 0 bridgehead atoms. The standard InChI is InChI=1S/C12H25.Li.H2O3S/c1-3-5-7-9-11-12-10-8-6-4-2;;1-4(2)3/h1,3-12H2,2H3;;4H,(H,1,2,3). The molecule has 100 valence electrons. The monoisotopic (exact) mass is 258 g/mol. The van der Waals surface area contributed by atoms with Crippen molar-refractivity contribution in [1.82, 2.24) is 0 Å². The Labute approximate surface area is 118 Å². The van der Waals surface area contributed by atoms with Crippen LogP contribution < -0.4 is 0 Å². The minimum atomic E-state index is -3.12. The molecule has 0 fully saturated rings. The van der Waals surface area contributed by atoms with Crippen LogP contribution in [0, 0.1) is 0 Å². The van der Waals surface area contributed by atoms with Crippen LogP contribution in [0.15, 0.2) is 0 Å². The summed E-state index contributed by atoms with van der Waals surface area (Å²) in [5.41, 5.74) is 0. The molecule has 0 aromatic heterocycles. The molecule has 0 saturated heterocycles. The molecule has 0 unspecified atom stereocenters. The van der Waals surface area contributed by atoms with Crippen LogP contribution in [-0.4, -0.2) is 30.7 Å². The van der Waals surface area contributed by atoms with E-state index in [0.29, 0.717) is 0 Å². The Morgan fingerprint density at radius 3 is 1.41 bits per heavy atom. The average molecular weight is 258 g/mol. The van der Waals surface area contributed by atoms with Gasteiger partial charge in [-0.05, 0) is 0 Å². The van der Waals surface area contributed by atoms with Gasteiger partial charge < -0.3 is 0 Å².